The molecule has 128 valence electrons. The maximum Gasteiger partial charge on any atom is 0.267 e. The Morgan fingerprint density at radius 2 is 2.17 bits per heavy atom. The Balaban J connectivity index is 2.04. The van der Waals surface area contributed by atoms with E-state index < -0.39 is 5.91 Å². The molecule has 1 aromatic carbocycles. The first-order valence-electron chi connectivity index (χ1n) is 7.79. The first-order valence-corrected chi connectivity index (χ1v) is 8.17. The molecule has 1 aromatic rings. The highest BCUT2D eigenvalue weighted by Crippen LogP contribution is 2.23. The number of hydrogen-bond donors (Lipinski definition) is 2. The van der Waals surface area contributed by atoms with E-state index in [4.69, 9.17) is 17.3 Å². The number of nitrogens with two attached hydrogens (primary N) is 1. The molecule has 1 aliphatic rings. The number of nitrogens with zero attached hydrogens (tertiary/aromatic N) is 3. The Morgan fingerprint density at radius 1 is 1.50 bits per heavy atom. The van der Waals surface area contributed by atoms with Crippen LogP contribution in [-0.4, -0.2) is 48.9 Å². The number of anilines is 2. The maximum absolute atomic E-state index is 12.3. The highest BCUT2D eigenvalue weighted by Gasteiger charge is 2.20. The van der Waals surface area contributed by atoms with Crippen molar-refractivity contribution < 1.29 is 4.79 Å². The van der Waals surface area contributed by atoms with E-state index in [2.05, 4.69) is 17.3 Å². The van der Waals surface area contributed by atoms with Gasteiger partial charge in [-0.25, -0.2) is 0 Å². The molecular formula is C17H22ClN5O. The zero-order valence-corrected chi connectivity index (χ0v) is 14.7. The number of likely N-dealkylation sites (tertiary alicyclic amines) is 1. The van der Waals surface area contributed by atoms with E-state index in [1.54, 1.807) is 24.4 Å². The summed E-state index contributed by atoms with van der Waals surface area (Å²) in [5.41, 5.74) is 6.64. The van der Waals surface area contributed by atoms with Crippen molar-refractivity contribution in [3.63, 3.8) is 0 Å². The summed E-state index contributed by atoms with van der Waals surface area (Å²) in [5.74, 6) is -0.460. The smallest absolute Gasteiger partial charge is 0.267 e. The predicted molar refractivity (Wildman–Crippen MR) is 96.5 cm³/mol. The van der Waals surface area contributed by atoms with Crippen LogP contribution in [0.5, 0.6) is 0 Å². The summed E-state index contributed by atoms with van der Waals surface area (Å²) in [6.07, 6.45) is 3.64. The van der Waals surface area contributed by atoms with E-state index in [0.717, 1.165) is 25.9 Å². The summed E-state index contributed by atoms with van der Waals surface area (Å²) in [6, 6.07) is 7.12. The standard InChI is InChI=1S/C17H22ClN5O/c1-22-7-5-14(6-8-22)23(2)11-12(10-19)17(24)21-13-3-4-16(20)15(18)9-13/h3-4,9,11,14H,5-8,20H2,1-2H3,(H,21,24)/b12-11-. The molecule has 1 amide bonds. The Morgan fingerprint density at radius 3 is 2.75 bits per heavy atom. The third kappa shape index (κ3) is 4.63. The Bertz CT molecular complexity index is 674. The average molecular weight is 348 g/mol. The van der Waals surface area contributed by atoms with Crippen molar-refractivity contribution >= 4 is 28.9 Å². The molecule has 24 heavy (non-hydrogen) atoms. The van der Waals surface area contributed by atoms with Gasteiger partial charge in [-0.05, 0) is 51.2 Å². The predicted octanol–water partition coefficient (Wildman–Crippen LogP) is 2.29. The van der Waals surface area contributed by atoms with Crippen LogP contribution in [0.4, 0.5) is 11.4 Å². The number of nitriles is 1. The number of hydrogen-bond acceptors (Lipinski definition) is 5. The Kier molecular flexibility index (Phi) is 6.07. The fourth-order valence-corrected chi connectivity index (χ4v) is 2.83. The number of piperidine rings is 1. The van der Waals surface area contributed by atoms with Gasteiger partial charge in [0.15, 0.2) is 0 Å². The van der Waals surface area contributed by atoms with E-state index in [0.29, 0.717) is 22.4 Å². The number of amides is 1. The highest BCUT2D eigenvalue weighted by molar-refractivity contribution is 6.33. The second kappa shape index (κ2) is 8.04. The SMILES string of the molecule is CN1CCC(N(C)/C=C(/C#N)C(=O)Nc2ccc(N)c(Cl)c2)CC1. The fourth-order valence-electron chi connectivity index (χ4n) is 2.65. The van der Waals surface area contributed by atoms with Crippen molar-refractivity contribution in [3.05, 3.63) is 35.0 Å². The van der Waals surface area contributed by atoms with E-state index in [1.165, 1.54) is 0 Å². The largest absolute Gasteiger partial charge is 0.398 e. The molecule has 0 saturated carbocycles. The molecule has 0 aromatic heterocycles. The van der Waals surface area contributed by atoms with Crippen LogP contribution in [0.15, 0.2) is 30.0 Å². The first-order chi connectivity index (χ1) is 11.4. The number of carbonyl (C=O) groups is 1. The average Bonchev–Trinajstić information content (AvgIpc) is 2.56. The lowest BCUT2D eigenvalue weighted by Crippen LogP contribution is -2.40. The van der Waals surface area contributed by atoms with Gasteiger partial charge in [-0.2, -0.15) is 5.26 Å². The van der Waals surface area contributed by atoms with Crippen LogP contribution in [0.2, 0.25) is 5.02 Å². The van der Waals surface area contributed by atoms with Crippen LogP contribution in [0, 0.1) is 11.3 Å². The van der Waals surface area contributed by atoms with Gasteiger partial charge < -0.3 is 20.9 Å². The normalized spacial score (nSPS) is 16.5. The van der Waals surface area contributed by atoms with Gasteiger partial charge in [-0.15, -0.1) is 0 Å². The fraction of sp³-hybridized carbons (Fsp3) is 0.412. The van der Waals surface area contributed by atoms with E-state index in [1.807, 2.05) is 18.0 Å². The van der Waals surface area contributed by atoms with Crippen LogP contribution >= 0.6 is 11.6 Å². The van der Waals surface area contributed by atoms with Crippen LogP contribution < -0.4 is 11.1 Å². The molecule has 0 radical (unpaired) electrons. The van der Waals surface area contributed by atoms with Gasteiger partial charge in [-0.3, -0.25) is 4.79 Å². The zero-order chi connectivity index (χ0) is 17.7. The Labute approximate surface area is 147 Å². The quantitative estimate of drug-likeness (QED) is 0.496. The molecule has 1 saturated heterocycles. The van der Waals surface area contributed by atoms with Crippen molar-refractivity contribution in [2.45, 2.75) is 18.9 Å². The number of nitrogen functional groups attached to an aromatic ring is 1. The molecule has 6 nitrogen and oxygen atoms in total. The molecule has 0 bridgehead atoms. The molecule has 0 aliphatic carbocycles. The molecule has 0 atom stereocenters. The number of rotatable bonds is 4. The summed E-state index contributed by atoms with van der Waals surface area (Å²) < 4.78 is 0. The summed E-state index contributed by atoms with van der Waals surface area (Å²) in [5, 5.41) is 12.3. The molecule has 7 heteroatoms. The van der Waals surface area contributed by atoms with Crippen LogP contribution in [0.3, 0.4) is 0 Å². The second-order valence-corrected chi connectivity index (χ2v) is 6.45. The summed E-state index contributed by atoms with van der Waals surface area (Å²) in [7, 11) is 4.00. The minimum absolute atomic E-state index is 0.0596. The first kappa shape index (κ1) is 18.1. The van der Waals surface area contributed by atoms with Gasteiger partial charge in [0.25, 0.3) is 5.91 Å². The minimum atomic E-state index is -0.460. The number of carbonyl (C=O) groups excluding carboxylic acids is 1. The molecule has 0 spiro atoms. The number of benzene rings is 1. The number of halogens is 1. The van der Waals surface area contributed by atoms with Crippen molar-refractivity contribution in [2.75, 3.05) is 38.2 Å². The van der Waals surface area contributed by atoms with Gasteiger partial charge in [0.05, 0.1) is 10.7 Å². The van der Waals surface area contributed by atoms with E-state index in [-0.39, 0.29) is 5.57 Å². The molecule has 3 N–H and O–H groups in total. The molecule has 1 aliphatic heterocycles. The van der Waals surface area contributed by atoms with Crippen molar-refractivity contribution in [1.82, 2.24) is 9.80 Å². The van der Waals surface area contributed by atoms with Crippen LogP contribution in [0.1, 0.15) is 12.8 Å². The molecule has 2 rings (SSSR count). The van der Waals surface area contributed by atoms with Crippen LogP contribution in [0.25, 0.3) is 0 Å². The van der Waals surface area contributed by atoms with Gasteiger partial charge in [0.1, 0.15) is 11.6 Å². The lowest BCUT2D eigenvalue weighted by Gasteiger charge is -2.34. The van der Waals surface area contributed by atoms with E-state index >= 15 is 0 Å². The molecular weight excluding hydrogens is 326 g/mol. The van der Waals surface area contributed by atoms with Crippen molar-refractivity contribution in [2.24, 2.45) is 0 Å². The minimum Gasteiger partial charge on any atom is -0.398 e. The van der Waals surface area contributed by atoms with Crippen molar-refractivity contribution in [3.8, 4) is 6.07 Å². The maximum atomic E-state index is 12.3. The molecule has 0 unspecified atom stereocenters. The van der Waals surface area contributed by atoms with Gasteiger partial charge >= 0.3 is 0 Å². The lowest BCUT2D eigenvalue weighted by atomic mass is 10.0. The van der Waals surface area contributed by atoms with E-state index in [9.17, 15) is 10.1 Å². The molecule has 1 fully saturated rings. The lowest BCUT2D eigenvalue weighted by molar-refractivity contribution is -0.112. The third-order valence-corrected chi connectivity index (χ3v) is 4.55. The highest BCUT2D eigenvalue weighted by atomic mass is 35.5. The zero-order valence-electron chi connectivity index (χ0n) is 13.9. The van der Waals surface area contributed by atoms with Crippen LogP contribution in [-0.2, 0) is 4.79 Å². The third-order valence-electron chi connectivity index (χ3n) is 4.22. The molecule has 1 heterocycles. The summed E-state index contributed by atoms with van der Waals surface area (Å²) in [4.78, 5) is 16.5. The Hall–Kier alpha value is -2.23. The van der Waals surface area contributed by atoms with Gasteiger partial charge in [0, 0.05) is 25.0 Å². The summed E-state index contributed by atoms with van der Waals surface area (Å²) >= 11 is 5.94. The van der Waals surface area contributed by atoms with Gasteiger partial charge in [-0.1, -0.05) is 11.6 Å². The summed E-state index contributed by atoms with van der Waals surface area (Å²) in [6.45, 7) is 2.03. The second-order valence-electron chi connectivity index (χ2n) is 6.04. The number of nitrogens with one attached hydrogen (secondary N) is 1. The topological polar surface area (TPSA) is 85.4 Å². The van der Waals surface area contributed by atoms with Crippen molar-refractivity contribution in [1.29, 1.82) is 5.26 Å². The van der Waals surface area contributed by atoms with Gasteiger partial charge in [0.2, 0.25) is 0 Å². The monoisotopic (exact) mass is 347 g/mol.